The molecule has 21 heavy (non-hydrogen) atoms. The first kappa shape index (κ1) is 15.6. The van der Waals surface area contributed by atoms with Crippen LogP contribution in [-0.2, 0) is 4.74 Å². The quantitative estimate of drug-likeness (QED) is 0.729. The van der Waals surface area contributed by atoms with Gasteiger partial charge in [-0.1, -0.05) is 0 Å². The van der Waals surface area contributed by atoms with Gasteiger partial charge >= 0.3 is 0 Å². The van der Waals surface area contributed by atoms with Crippen LogP contribution in [0.4, 0.5) is 10.7 Å². The number of carbonyl (C=O) groups excluding carboxylic acids is 2. The average Bonchev–Trinajstić information content (AvgIpc) is 3.02. The Bertz CT molecular complexity index is 558. The molecule has 0 spiro atoms. The number of nitrogen functional groups attached to an aromatic ring is 1. The molecule has 1 saturated heterocycles. The van der Waals surface area contributed by atoms with Gasteiger partial charge in [0.15, 0.2) is 0 Å². The van der Waals surface area contributed by atoms with E-state index in [-0.39, 0.29) is 23.3 Å². The van der Waals surface area contributed by atoms with Crippen molar-refractivity contribution in [2.75, 3.05) is 37.4 Å². The number of hydrogen-bond acceptors (Lipinski definition) is 6. The molecular formula is C13H20N4O3S. The molecule has 2 amide bonds. The number of nitrogens with one attached hydrogen (secondary N) is 1. The molecule has 2 rings (SSSR count). The van der Waals surface area contributed by atoms with Gasteiger partial charge in [-0.2, -0.15) is 0 Å². The molecule has 2 heterocycles. The van der Waals surface area contributed by atoms with E-state index in [2.05, 4.69) is 5.32 Å². The van der Waals surface area contributed by atoms with Crippen LogP contribution in [0.3, 0.4) is 0 Å². The smallest absolute Gasteiger partial charge is 0.263 e. The number of thiophene rings is 1. The van der Waals surface area contributed by atoms with Crippen molar-refractivity contribution in [1.82, 2.24) is 5.32 Å². The predicted octanol–water partition coefficient (Wildman–Crippen LogP) is 0.404. The van der Waals surface area contributed by atoms with E-state index < -0.39 is 5.91 Å². The van der Waals surface area contributed by atoms with Gasteiger partial charge < -0.3 is 26.4 Å². The maximum Gasteiger partial charge on any atom is 0.263 e. The van der Waals surface area contributed by atoms with E-state index in [9.17, 15) is 9.59 Å². The van der Waals surface area contributed by atoms with Crippen molar-refractivity contribution >= 4 is 33.8 Å². The second-order valence-electron chi connectivity index (χ2n) is 4.84. The highest BCUT2D eigenvalue weighted by molar-refractivity contribution is 7.19. The predicted molar refractivity (Wildman–Crippen MR) is 82.9 cm³/mol. The molecule has 1 aliphatic rings. The number of carbonyl (C=O) groups is 2. The minimum Gasteiger partial charge on any atom is -0.397 e. The van der Waals surface area contributed by atoms with E-state index in [1.165, 1.54) is 11.3 Å². The standard InChI is InChI=1S/C13H20N4O3S/c1-3-16-12(19)10-9(14)8(11(15)18)13(21-10)17-5-4-7(6-17)20-2/h7H,3-6,14H2,1-2H3,(H2,15,18)(H,16,19). The summed E-state index contributed by atoms with van der Waals surface area (Å²) in [5, 5.41) is 3.34. The molecule has 1 aromatic rings. The first-order valence-electron chi connectivity index (χ1n) is 6.77. The Morgan fingerprint density at radius 2 is 2.24 bits per heavy atom. The Labute approximate surface area is 127 Å². The highest BCUT2D eigenvalue weighted by atomic mass is 32.1. The van der Waals surface area contributed by atoms with E-state index >= 15 is 0 Å². The Balaban J connectivity index is 2.38. The largest absolute Gasteiger partial charge is 0.397 e. The van der Waals surface area contributed by atoms with E-state index in [1.54, 1.807) is 7.11 Å². The Hall–Kier alpha value is -1.80. The Kier molecular flexibility index (Phi) is 4.69. The number of hydrogen-bond donors (Lipinski definition) is 3. The van der Waals surface area contributed by atoms with E-state index in [1.807, 2.05) is 11.8 Å². The van der Waals surface area contributed by atoms with Crippen LogP contribution in [0.15, 0.2) is 0 Å². The van der Waals surface area contributed by atoms with Crippen LogP contribution < -0.4 is 21.7 Å². The molecule has 1 atom stereocenters. The highest BCUT2D eigenvalue weighted by Gasteiger charge is 2.31. The summed E-state index contributed by atoms with van der Waals surface area (Å²) in [6, 6.07) is 0. The van der Waals surface area contributed by atoms with E-state index in [4.69, 9.17) is 16.2 Å². The highest BCUT2D eigenvalue weighted by Crippen LogP contribution is 2.39. The second-order valence-corrected chi connectivity index (χ2v) is 5.84. The lowest BCUT2D eigenvalue weighted by Crippen LogP contribution is -2.24. The topological polar surface area (TPSA) is 111 Å². The normalized spacial score (nSPS) is 18.0. The van der Waals surface area contributed by atoms with E-state index in [0.29, 0.717) is 23.0 Å². The van der Waals surface area contributed by atoms with Gasteiger partial charge in [-0.3, -0.25) is 9.59 Å². The molecule has 116 valence electrons. The number of methoxy groups -OCH3 is 1. The van der Waals surface area contributed by atoms with Gasteiger partial charge in [0.1, 0.15) is 9.88 Å². The fraction of sp³-hybridized carbons (Fsp3) is 0.538. The zero-order valence-corrected chi connectivity index (χ0v) is 13.0. The summed E-state index contributed by atoms with van der Waals surface area (Å²) in [5.74, 6) is -0.897. The molecule has 1 unspecified atom stereocenters. The van der Waals surface area contributed by atoms with Crippen LogP contribution in [0.2, 0.25) is 0 Å². The Morgan fingerprint density at radius 1 is 1.52 bits per heavy atom. The lowest BCUT2D eigenvalue weighted by atomic mass is 10.2. The molecule has 0 saturated carbocycles. The fourth-order valence-corrected chi connectivity index (χ4v) is 3.58. The van der Waals surface area contributed by atoms with Crippen molar-refractivity contribution in [3.63, 3.8) is 0 Å². The first-order valence-corrected chi connectivity index (χ1v) is 7.59. The van der Waals surface area contributed by atoms with Crippen molar-refractivity contribution < 1.29 is 14.3 Å². The van der Waals surface area contributed by atoms with Gasteiger partial charge in [-0.15, -0.1) is 11.3 Å². The monoisotopic (exact) mass is 312 g/mol. The Morgan fingerprint density at radius 3 is 2.76 bits per heavy atom. The maximum atomic E-state index is 12.0. The summed E-state index contributed by atoms with van der Waals surface area (Å²) in [4.78, 5) is 26.0. The molecular weight excluding hydrogens is 292 g/mol. The molecule has 1 fully saturated rings. The number of nitrogens with two attached hydrogens (primary N) is 2. The lowest BCUT2D eigenvalue weighted by molar-refractivity contribution is 0.0960. The second kappa shape index (κ2) is 6.31. The molecule has 1 aliphatic heterocycles. The molecule has 1 aromatic heterocycles. The maximum absolute atomic E-state index is 12.0. The zero-order valence-electron chi connectivity index (χ0n) is 12.1. The van der Waals surface area contributed by atoms with Gasteiger partial charge in [0, 0.05) is 26.7 Å². The number of anilines is 2. The molecule has 0 bridgehead atoms. The van der Waals surface area contributed by atoms with Gasteiger partial charge in [-0.25, -0.2) is 0 Å². The molecule has 7 nitrogen and oxygen atoms in total. The van der Waals surface area contributed by atoms with Crippen molar-refractivity contribution in [2.24, 2.45) is 5.73 Å². The van der Waals surface area contributed by atoms with E-state index in [0.717, 1.165) is 13.0 Å². The van der Waals surface area contributed by atoms with Crippen LogP contribution >= 0.6 is 11.3 Å². The third kappa shape index (κ3) is 2.96. The summed E-state index contributed by atoms with van der Waals surface area (Å²) in [6.45, 7) is 3.72. The molecule has 0 aromatic carbocycles. The van der Waals surface area contributed by atoms with Gasteiger partial charge in [0.05, 0.1) is 17.4 Å². The van der Waals surface area contributed by atoms with Crippen molar-refractivity contribution in [2.45, 2.75) is 19.4 Å². The molecule has 5 N–H and O–H groups in total. The first-order chi connectivity index (χ1) is 9.99. The minimum absolute atomic E-state index is 0.113. The average molecular weight is 312 g/mol. The summed E-state index contributed by atoms with van der Waals surface area (Å²) in [6.07, 6.45) is 0.977. The number of amides is 2. The summed E-state index contributed by atoms with van der Waals surface area (Å²) in [7, 11) is 1.66. The van der Waals surface area contributed by atoms with Crippen molar-refractivity contribution in [3.05, 3.63) is 10.4 Å². The van der Waals surface area contributed by atoms with Gasteiger partial charge in [0.25, 0.3) is 11.8 Å². The van der Waals surface area contributed by atoms with Crippen LogP contribution in [-0.4, -0.2) is 44.7 Å². The minimum atomic E-state index is -0.616. The van der Waals surface area contributed by atoms with Gasteiger partial charge in [0.2, 0.25) is 0 Å². The zero-order chi connectivity index (χ0) is 15.6. The molecule has 0 aliphatic carbocycles. The molecule has 0 radical (unpaired) electrons. The number of primary amides is 1. The SMILES string of the molecule is CCNC(=O)c1sc(N2CCC(OC)C2)c(C(N)=O)c1N. The number of ether oxygens (including phenoxy) is 1. The summed E-state index contributed by atoms with van der Waals surface area (Å²) >= 11 is 1.20. The van der Waals surface area contributed by atoms with Gasteiger partial charge in [-0.05, 0) is 13.3 Å². The lowest BCUT2D eigenvalue weighted by Gasteiger charge is -2.17. The molecule has 8 heteroatoms. The summed E-state index contributed by atoms with van der Waals surface area (Å²) in [5.41, 5.74) is 11.8. The van der Waals surface area contributed by atoms with Crippen LogP contribution in [0.25, 0.3) is 0 Å². The third-order valence-corrected chi connectivity index (χ3v) is 4.75. The summed E-state index contributed by atoms with van der Waals surface area (Å²) < 4.78 is 5.32. The van der Waals surface area contributed by atoms with Crippen molar-refractivity contribution in [3.8, 4) is 0 Å². The fourth-order valence-electron chi connectivity index (χ4n) is 2.41. The number of rotatable bonds is 5. The van der Waals surface area contributed by atoms with Crippen LogP contribution in [0, 0.1) is 0 Å². The van der Waals surface area contributed by atoms with Crippen LogP contribution in [0.1, 0.15) is 33.4 Å². The third-order valence-electron chi connectivity index (χ3n) is 3.48. The van der Waals surface area contributed by atoms with Crippen molar-refractivity contribution in [1.29, 1.82) is 0 Å². The number of nitrogens with zero attached hydrogens (tertiary/aromatic N) is 1. The van der Waals surface area contributed by atoms with Crippen LogP contribution in [0.5, 0.6) is 0 Å².